The fourth-order valence-electron chi connectivity index (χ4n) is 5.73. The van der Waals surface area contributed by atoms with Gasteiger partial charge < -0.3 is 4.74 Å². The van der Waals surface area contributed by atoms with Crippen molar-refractivity contribution < 1.29 is 13.7 Å². The van der Waals surface area contributed by atoms with Crippen LogP contribution in [0.4, 0.5) is 0 Å². The number of benzene rings is 5. The van der Waals surface area contributed by atoms with Gasteiger partial charge in [0.1, 0.15) is 0 Å². The molecule has 5 aromatic carbocycles. The molecule has 0 aliphatic rings. The Morgan fingerprint density at radius 1 is 0.619 bits per heavy atom. The molecule has 0 amide bonds. The van der Waals surface area contributed by atoms with Gasteiger partial charge in [-0.15, -0.1) is 0 Å². The van der Waals surface area contributed by atoms with Gasteiger partial charge in [0.15, 0.2) is 6.10 Å². The molecule has 0 aliphatic heterocycles. The monoisotopic (exact) mass is 572 g/mol. The highest BCUT2D eigenvalue weighted by atomic mass is 32.1. The average molecular weight is 573 g/mol. The molecule has 5 rings (SSSR count). The van der Waals surface area contributed by atoms with Gasteiger partial charge in [-0.1, -0.05) is 171 Å². The van der Waals surface area contributed by atoms with E-state index in [4.69, 9.17) is 4.74 Å². The molecule has 0 aliphatic carbocycles. The number of hydrogen-bond donors (Lipinski definition) is 0. The molecule has 5 aromatic rings. The van der Waals surface area contributed by atoms with Gasteiger partial charge in [0.25, 0.3) is 0 Å². The van der Waals surface area contributed by atoms with Crippen molar-refractivity contribution in [1.82, 2.24) is 0 Å². The van der Waals surface area contributed by atoms with Gasteiger partial charge >= 0.3 is 23.4 Å². The van der Waals surface area contributed by atoms with E-state index >= 15 is 0 Å². The summed E-state index contributed by atoms with van der Waals surface area (Å²) in [6.45, 7) is 2.28. The summed E-state index contributed by atoms with van der Waals surface area (Å²) in [5, 5.41) is 0. The minimum absolute atomic E-state index is 0.184. The smallest absolute Gasteiger partial charge is 0.448 e. The maximum atomic E-state index is 11.6. The summed E-state index contributed by atoms with van der Waals surface area (Å²) < 4.78 is 15.8. The van der Waals surface area contributed by atoms with E-state index in [9.17, 15) is 9.00 Å². The molecule has 0 aromatic heterocycles. The molecule has 0 unspecified atom stereocenters. The fraction of sp³-hybridized carbons (Fsp3) is 0.162. The predicted molar refractivity (Wildman–Crippen MR) is 177 cm³/mol. The number of unbranched alkanes of at least 4 members (excludes halogenated alkanes) is 1. The van der Waals surface area contributed by atoms with Crippen molar-refractivity contribution in [2.24, 2.45) is 0 Å². The molecule has 0 spiro atoms. The van der Waals surface area contributed by atoms with Gasteiger partial charge in [0.05, 0.1) is 6.15 Å². The molecular formula is C37H37BO3S. The van der Waals surface area contributed by atoms with Crippen LogP contribution in [0.3, 0.4) is 0 Å². The van der Waals surface area contributed by atoms with Gasteiger partial charge in [-0.05, 0) is 11.1 Å². The van der Waals surface area contributed by atoms with Crippen LogP contribution in [0.15, 0.2) is 152 Å². The molecule has 5 heteroatoms. The molecule has 212 valence electrons. The molecule has 0 atom stereocenters. The van der Waals surface area contributed by atoms with Crippen molar-refractivity contribution >= 4 is 40.2 Å². The summed E-state index contributed by atoms with van der Waals surface area (Å²) in [5.74, 6) is -0.686. The van der Waals surface area contributed by atoms with E-state index in [1.165, 1.54) is 35.6 Å². The van der Waals surface area contributed by atoms with Crippen molar-refractivity contribution in [3.05, 3.63) is 163 Å². The van der Waals surface area contributed by atoms with Gasteiger partial charge in [0.2, 0.25) is 0 Å². The lowest BCUT2D eigenvalue weighted by Gasteiger charge is -2.43. The Bertz CT molecular complexity index is 1350. The van der Waals surface area contributed by atoms with Crippen LogP contribution >= 0.6 is 0 Å². The lowest BCUT2D eigenvalue weighted by molar-refractivity contribution is -0.144. The third-order valence-electron chi connectivity index (χ3n) is 7.73. The highest BCUT2D eigenvalue weighted by Crippen LogP contribution is 2.25. The van der Waals surface area contributed by atoms with Crippen LogP contribution in [0.2, 0.25) is 6.32 Å². The number of carbonyl (C=O) groups excluding carboxylic acids is 1. The second kappa shape index (κ2) is 16.2. The van der Waals surface area contributed by atoms with Crippen LogP contribution in [0.25, 0.3) is 0 Å². The molecule has 0 saturated carbocycles. The average Bonchev–Trinajstić information content (AvgIpc) is 3.07. The molecule has 0 bridgehead atoms. The maximum Gasteiger partial charge on any atom is 0.471 e. The van der Waals surface area contributed by atoms with Crippen molar-refractivity contribution in [2.45, 2.75) is 32.2 Å². The summed E-state index contributed by atoms with van der Waals surface area (Å²) in [7, 11) is 0. The van der Waals surface area contributed by atoms with E-state index in [0.29, 0.717) is 0 Å². The van der Waals surface area contributed by atoms with Crippen LogP contribution in [0.5, 0.6) is 0 Å². The fourth-order valence-corrected chi connectivity index (χ4v) is 5.89. The Labute approximate surface area is 254 Å². The minimum atomic E-state index is -0.913. The lowest BCUT2D eigenvalue weighted by Crippen LogP contribution is -2.66. The van der Waals surface area contributed by atoms with Crippen molar-refractivity contribution in [3.63, 3.8) is 0 Å². The van der Waals surface area contributed by atoms with Crippen LogP contribution in [-0.2, 0) is 25.4 Å². The zero-order valence-corrected chi connectivity index (χ0v) is 24.9. The van der Waals surface area contributed by atoms with E-state index in [-0.39, 0.29) is 17.4 Å². The maximum absolute atomic E-state index is 11.6. The SMILES string of the molecule is CCCC[B-](c1ccccc1)(c1ccccc1)c1ccccc1.O=[S+]CC(=O)OC(c1ccccc1)c1ccccc1. The van der Waals surface area contributed by atoms with E-state index in [1.807, 2.05) is 60.7 Å². The molecule has 0 N–H and O–H groups in total. The Hall–Kier alpha value is -4.35. The Morgan fingerprint density at radius 2 is 0.976 bits per heavy atom. The van der Waals surface area contributed by atoms with E-state index in [2.05, 4.69) is 97.9 Å². The van der Waals surface area contributed by atoms with Gasteiger partial charge in [-0.25, -0.2) is 4.79 Å². The van der Waals surface area contributed by atoms with Crippen LogP contribution < -0.4 is 16.4 Å². The molecule has 0 heterocycles. The van der Waals surface area contributed by atoms with Crippen molar-refractivity contribution in [2.75, 3.05) is 5.75 Å². The summed E-state index contributed by atoms with van der Waals surface area (Å²) in [5.41, 5.74) is 6.10. The first kappa shape index (κ1) is 30.6. The summed E-state index contributed by atoms with van der Waals surface area (Å²) in [4.78, 5) is 11.6. The highest BCUT2D eigenvalue weighted by Gasteiger charge is 2.28. The first-order valence-electron chi connectivity index (χ1n) is 14.6. The standard InChI is InChI=1S/C22H24B.C15H13O3S/c1-2-3-19-23(20-13-7-4-8-14-20,21-15-9-5-10-16-21)22-17-11-6-12-18-22;16-14(11-19-17)18-15(12-7-3-1-4-8-12)13-9-5-2-6-10-13/h4-18H,2-3,19H2,1H3;1-10,15H,11H2/q-1;+1. The van der Waals surface area contributed by atoms with Crippen LogP contribution in [-0.4, -0.2) is 17.9 Å². The Kier molecular flexibility index (Phi) is 11.8. The molecule has 0 saturated heterocycles. The lowest BCUT2D eigenvalue weighted by atomic mass is 9.14. The first-order chi connectivity index (χ1) is 20.7. The minimum Gasteiger partial charge on any atom is -0.448 e. The molecule has 0 radical (unpaired) electrons. The van der Waals surface area contributed by atoms with E-state index in [0.717, 1.165) is 11.1 Å². The molecule has 3 nitrogen and oxygen atoms in total. The number of esters is 1. The van der Waals surface area contributed by atoms with Gasteiger partial charge in [0, 0.05) is 4.21 Å². The largest absolute Gasteiger partial charge is 0.471 e. The summed E-state index contributed by atoms with van der Waals surface area (Å²) >= 11 is 0.218. The van der Waals surface area contributed by atoms with E-state index < -0.39 is 18.2 Å². The second-order valence-electron chi connectivity index (χ2n) is 10.4. The number of hydrogen-bond acceptors (Lipinski definition) is 3. The third-order valence-corrected chi connectivity index (χ3v) is 8.08. The Balaban J connectivity index is 0.000000197. The number of rotatable bonds is 11. The van der Waals surface area contributed by atoms with Crippen molar-refractivity contribution in [1.29, 1.82) is 0 Å². The highest BCUT2D eigenvalue weighted by molar-refractivity contribution is 7.66. The molecule has 42 heavy (non-hydrogen) atoms. The molecular weight excluding hydrogens is 535 g/mol. The van der Waals surface area contributed by atoms with Crippen LogP contribution in [0, 0.1) is 0 Å². The van der Waals surface area contributed by atoms with Gasteiger partial charge in [-0.2, -0.15) is 22.7 Å². The molecule has 0 fully saturated rings. The predicted octanol–water partition coefficient (Wildman–Crippen LogP) is 6.70. The Morgan fingerprint density at radius 3 is 1.31 bits per heavy atom. The zero-order valence-electron chi connectivity index (χ0n) is 24.0. The number of ether oxygens (including phenoxy) is 1. The third kappa shape index (κ3) is 7.89. The normalized spacial score (nSPS) is 10.8. The topological polar surface area (TPSA) is 43.4 Å². The summed E-state index contributed by atoms with van der Waals surface area (Å²) in [6, 6.07) is 52.1. The van der Waals surface area contributed by atoms with E-state index in [1.54, 1.807) is 0 Å². The number of carbonyl (C=O) groups is 1. The quantitative estimate of drug-likeness (QED) is 0.101. The van der Waals surface area contributed by atoms with Crippen molar-refractivity contribution in [3.8, 4) is 0 Å². The summed E-state index contributed by atoms with van der Waals surface area (Å²) in [6.07, 6.45) is 2.26. The van der Waals surface area contributed by atoms with Gasteiger partial charge in [-0.3, -0.25) is 0 Å². The zero-order chi connectivity index (χ0) is 29.5. The second-order valence-corrected chi connectivity index (χ2v) is 10.9. The first-order valence-corrected chi connectivity index (χ1v) is 15.5. The van der Waals surface area contributed by atoms with Crippen LogP contribution in [0.1, 0.15) is 37.0 Å².